The van der Waals surface area contributed by atoms with Crippen molar-refractivity contribution in [2.45, 2.75) is 83.2 Å². The Hall–Kier alpha value is -2.93. The molecule has 3 aromatic rings. The Balaban J connectivity index is 0.0000308. The van der Waals surface area contributed by atoms with E-state index >= 15 is 0 Å². The molecule has 0 amide bonds. The van der Waals surface area contributed by atoms with Gasteiger partial charge in [0.25, 0.3) is 0 Å². The maximum absolute atomic E-state index is 12.1. The molecule has 0 aliphatic heterocycles. The molecule has 1 radical (unpaired) electrons. The van der Waals surface area contributed by atoms with Gasteiger partial charge in [0.15, 0.2) is 0 Å². The summed E-state index contributed by atoms with van der Waals surface area (Å²) in [6.45, 7) is 29.3. The number of esters is 1. The molecule has 625 valence electrons. The number of carbonyl (C=O) groups is 1. The second kappa shape index (κ2) is 72.8. The molecule has 1 aliphatic rings. The van der Waals surface area contributed by atoms with Crippen molar-refractivity contribution in [3.8, 4) is 28.0 Å². The van der Waals surface area contributed by atoms with E-state index in [0.717, 1.165) is 61.8 Å². The third-order valence-electron chi connectivity index (χ3n) is 16.2. The van der Waals surface area contributed by atoms with Crippen molar-refractivity contribution in [1.82, 2.24) is 0 Å². The fourth-order valence-corrected chi connectivity index (χ4v) is 10.9. The van der Waals surface area contributed by atoms with Crippen LogP contribution >= 0.6 is 0 Å². The van der Waals surface area contributed by atoms with Gasteiger partial charge in [-0.2, -0.15) is 24.3 Å². The first-order valence-corrected chi connectivity index (χ1v) is 39.1. The van der Waals surface area contributed by atoms with E-state index in [1.165, 1.54) is 22.3 Å². The molecule has 0 saturated heterocycles. The predicted molar refractivity (Wildman–Crippen MR) is 407 cm³/mol. The summed E-state index contributed by atoms with van der Waals surface area (Å²) in [7, 11) is 3.29. The Bertz CT molecular complexity index is 2410. The van der Waals surface area contributed by atoms with Crippen LogP contribution in [0.5, 0.6) is 5.75 Å². The van der Waals surface area contributed by atoms with E-state index in [2.05, 4.69) is 48.5 Å². The molecule has 1 aliphatic carbocycles. The summed E-state index contributed by atoms with van der Waals surface area (Å²) in [5.74, 6) is 0.660. The van der Waals surface area contributed by atoms with E-state index in [-0.39, 0.29) is 44.1 Å². The van der Waals surface area contributed by atoms with Crippen LogP contribution in [-0.4, -0.2) is 336 Å². The standard InChI is InChI=1S/C81H135O27.Y/c1-80(2,3)108-79(82)15-7-6-10-26-107-74-19-16-72(17-20-74)73-18-21-76-75-13-8-9-14-77(75)81(78(76)71-73,22-11-24-85-31-33-89-39-41-93-47-49-97-55-57-101-63-65-105-69-67-103-61-59-99-53-51-95-45-43-91-37-35-87-29-27-83-4)23-12-25-86-32-34-90-40-42-94-48-50-98-56-58-102-64-66-106-70-68-104-62-60-100-54-52-96-46-44-92-38-36-88-30-28-84-5;/h8,13-14,16-21,71H,6-7,10-12,15,22-70H2,1-5H3;/q-1;. The van der Waals surface area contributed by atoms with Crippen molar-refractivity contribution in [3.63, 3.8) is 0 Å². The van der Waals surface area contributed by atoms with Gasteiger partial charge in [-0.05, 0) is 106 Å². The Morgan fingerprint density at radius 1 is 0.312 bits per heavy atom. The summed E-state index contributed by atoms with van der Waals surface area (Å²) in [6.07, 6.45) is 6.38. The number of hydrogen-bond acceptors (Lipinski definition) is 27. The summed E-state index contributed by atoms with van der Waals surface area (Å²) < 4.78 is 145. The molecule has 0 aromatic heterocycles. The maximum Gasteiger partial charge on any atom is 0.306 e. The van der Waals surface area contributed by atoms with Gasteiger partial charge in [-0.1, -0.05) is 30.3 Å². The van der Waals surface area contributed by atoms with Crippen LogP contribution in [0, 0.1) is 6.07 Å². The average Bonchev–Trinajstić information content (AvgIpc) is 1.57. The average molecular weight is 1630 g/mol. The largest absolute Gasteiger partial charge is 0.494 e. The fraction of sp³-hybridized carbons (Fsp3) is 0.765. The molecule has 3 aromatic carbocycles. The summed E-state index contributed by atoms with van der Waals surface area (Å²) in [5, 5.41) is 0. The minimum absolute atomic E-state index is 0. The molecular weight excluding hydrogens is 1490 g/mol. The van der Waals surface area contributed by atoms with E-state index in [1.807, 2.05) is 39.0 Å². The van der Waals surface area contributed by atoms with Crippen molar-refractivity contribution in [1.29, 1.82) is 0 Å². The molecule has 0 unspecified atom stereocenters. The Labute approximate surface area is 676 Å². The van der Waals surface area contributed by atoms with Crippen molar-refractivity contribution in [2.75, 3.05) is 325 Å². The zero-order chi connectivity index (χ0) is 76.7. The molecule has 4 rings (SSSR count). The quantitative estimate of drug-likeness (QED) is 0.0290. The van der Waals surface area contributed by atoms with Gasteiger partial charge in [-0.3, -0.25) is 4.79 Å². The summed E-state index contributed by atoms with van der Waals surface area (Å²) in [4.78, 5) is 12.1. The minimum Gasteiger partial charge on any atom is -0.494 e. The van der Waals surface area contributed by atoms with Gasteiger partial charge < -0.3 is 123 Å². The molecule has 0 heterocycles. The molecule has 0 saturated carbocycles. The summed E-state index contributed by atoms with van der Waals surface area (Å²) in [6, 6.07) is 25.0. The topological polar surface area (TPSA) is 257 Å². The van der Waals surface area contributed by atoms with E-state index in [1.54, 1.807) is 14.2 Å². The van der Waals surface area contributed by atoms with Gasteiger partial charge in [-0.15, -0.1) is 11.1 Å². The van der Waals surface area contributed by atoms with Crippen molar-refractivity contribution >= 4 is 5.97 Å². The molecule has 0 atom stereocenters. The smallest absolute Gasteiger partial charge is 0.306 e. The van der Waals surface area contributed by atoms with Crippen LogP contribution < -0.4 is 4.74 Å². The Morgan fingerprint density at radius 2 is 0.596 bits per heavy atom. The molecule has 28 heteroatoms. The van der Waals surface area contributed by atoms with Crippen molar-refractivity contribution in [2.24, 2.45) is 0 Å². The van der Waals surface area contributed by atoms with Gasteiger partial charge in [0.2, 0.25) is 0 Å². The van der Waals surface area contributed by atoms with Gasteiger partial charge >= 0.3 is 5.97 Å². The summed E-state index contributed by atoms with van der Waals surface area (Å²) in [5.41, 5.74) is 6.58. The second-order valence-corrected chi connectivity index (χ2v) is 25.7. The Kier molecular flexibility index (Phi) is 66.9. The summed E-state index contributed by atoms with van der Waals surface area (Å²) >= 11 is 0. The van der Waals surface area contributed by atoms with Crippen LogP contribution in [0.15, 0.2) is 60.7 Å². The van der Waals surface area contributed by atoms with Crippen LogP contribution in [0.2, 0.25) is 0 Å². The first kappa shape index (κ1) is 100. The van der Waals surface area contributed by atoms with Gasteiger partial charge in [0.1, 0.15) is 11.4 Å². The SMILES string of the molecule is COCCOCCOCCOCCOCCOCCOCCOCCOCCOCCOCCOCCCC1(CCCOCCOCCOCCOCCOCCOCCOCCOCCOCCOCCOCCOC)c2c[c-]ccc2-c2ccc(-c3ccc(OCCCCCC(=O)OC(C)(C)C)cc3)cc21.[Y]. The van der Waals surface area contributed by atoms with Gasteiger partial charge in [0, 0.05) is 66.6 Å². The van der Waals surface area contributed by atoms with E-state index in [0.29, 0.717) is 317 Å². The van der Waals surface area contributed by atoms with Crippen LogP contribution in [0.3, 0.4) is 0 Å². The number of carbonyl (C=O) groups excluding carboxylic acids is 1. The zero-order valence-electron chi connectivity index (χ0n) is 66.8. The number of fused-ring (bicyclic) bond motifs is 3. The van der Waals surface area contributed by atoms with Gasteiger partial charge in [-0.25, -0.2) is 0 Å². The van der Waals surface area contributed by atoms with E-state index in [4.69, 9.17) is 123 Å². The molecule has 0 fully saturated rings. The van der Waals surface area contributed by atoms with Crippen molar-refractivity contribution < 1.29 is 161 Å². The van der Waals surface area contributed by atoms with Crippen molar-refractivity contribution in [3.05, 3.63) is 77.9 Å². The zero-order valence-corrected chi connectivity index (χ0v) is 69.6. The van der Waals surface area contributed by atoms with Gasteiger partial charge in [0.05, 0.1) is 297 Å². The number of hydrogen-bond donors (Lipinski definition) is 0. The molecule has 27 nitrogen and oxygen atoms in total. The number of unbranched alkanes of at least 4 members (excludes halogenated alkanes) is 2. The third-order valence-corrected chi connectivity index (χ3v) is 16.2. The Morgan fingerprint density at radius 3 is 0.899 bits per heavy atom. The van der Waals surface area contributed by atoms with E-state index < -0.39 is 5.60 Å². The second-order valence-electron chi connectivity index (χ2n) is 25.7. The molecule has 109 heavy (non-hydrogen) atoms. The fourth-order valence-electron chi connectivity index (χ4n) is 10.9. The molecular formula is C81H135O27Y-. The van der Waals surface area contributed by atoms with Crippen LogP contribution in [-0.2, 0) is 161 Å². The molecule has 0 spiro atoms. The first-order valence-electron chi connectivity index (χ1n) is 39.1. The monoisotopic (exact) mass is 1630 g/mol. The first-order chi connectivity index (χ1) is 53.3. The number of methoxy groups -OCH3 is 2. The third kappa shape index (κ3) is 54.5. The minimum atomic E-state index is -0.470. The van der Waals surface area contributed by atoms with Crippen LogP contribution in [0.1, 0.15) is 83.3 Å². The number of ether oxygens (including phenoxy) is 26. The molecule has 0 bridgehead atoms. The van der Waals surface area contributed by atoms with Crippen LogP contribution in [0.4, 0.5) is 0 Å². The maximum atomic E-state index is 12.1. The van der Waals surface area contributed by atoms with E-state index in [9.17, 15) is 4.79 Å². The number of benzene rings is 3. The number of rotatable bonds is 82. The normalized spacial score (nSPS) is 12.4. The predicted octanol–water partition coefficient (Wildman–Crippen LogP) is 8.92. The van der Waals surface area contributed by atoms with Crippen LogP contribution in [0.25, 0.3) is 22.3 Å². The molecule has 0 N–H and O–H groups in total.